The fraction of sp³-hybridized carbons (Fsp3) is 0.189. The molecule has 0 spiro atoms. The van der Waals surface area contributed by atoms with Gasteiger partial charge in [-0.3, -0.25) is 14.4 Å². The lowest BCUT2D eigenvalue weighted by Crippen LogP contribution is -2.30. The highest BCUT2D eigenvalue weighted by Crippen LogP contribution is 2.39. The molecule has 4 N–H and O–H groups in total. The van der Waals surface area contributed by atoms with Crippen LogP contribution in [-0.2, 0) is 27.2 Å². The van der Waals surface area contributed by atoms with Gasteiger partial charge in [0.2, 0.25) is 5.91 Å². The van der Waals surface area contributed by atoms with Crippen LogP contribution in [0.15, 0.2) is 95.7 Å². The van der Waals surface area contributed by atoms with Crippen LogP contribution in [-0.4, -0.2) is 41.0 Å². The van der Waals surface area contributed by atoms with Gasteiger partial charge in [0.15, 0.2) is 0 Å². The lowest BCUT2D eigenvalue weighted by Gasteiger charge is -2.14. The number of thioether (sulfide) groups is 1. The molecule has 3 aromatic carbocycles. The van der Waals surface area contributed by atoms with E-state index in [1.165, 1.54) is 30.2 Å². The van der Waals surface area contributed by atoms with Gasteiger partial charge in [0.05, 0.1) is 17.9 Å². The van der Waals surface area contributed by atoms with Crippen LogP contribution >= 0.6 is 23.1 Å². The second-order valence-electron chi connectivity index (χ2n) is 11.3. The van der Waals surface area contributed by atoms with E-state index in [0.29, 0.717) is 21.8 Å². The quantitative estimate of drug-likeness (QED) is 0.0691. The number of fused-ring (bicyclic) bond motifs is 2. The number of methoxy groups -OCH3 is 1. The van der Waals surface area contributed by atoms with Gasteiger partial charge in [-0.05, 0) is 80.6 Å². The van der Waals surface area contributed by atoms with Crippen LogP contribution in [0.3, 0.4) is 0 Å². The van der Waals surface area contributed by atoms with E-state index < -0.39 is 23.0 Å². The van der Waals surface area contributed by atoms with Gasteiger partial charge in [-0.1, -0.05) is 42.5 Å². The number of benzene rings is 3. The molecule has 5 aromatic rings. The number of thiophene rings is 1. The summed E-state index contributed by atoms with van der Waals surface area (Å²) in [7, 11) is 1.35. The first-order valence-corrected chi connectivity index (χ1v) is 17.3. The fourth-order valence-electron chi connectivity index (χ4n) is 5.60. The zero-order valence-electron chi connectivity index (χ0n) is 26.4. The molecule has 0 saturated heterocycles. The highest BCUT2D eigenvalue weighted by molar-refractivity contribution is 8.00. The number of rotatable bonds is 10. The lowest BCUT2D eigenvalue weighted by atomic mass is 9.95. The van der Waals surface area contributed by atoms with Gasteiger partial charge in [0.1, 0.15) is 10.7 Å². The van der Waals surface area contributed by atoms with Gasteiger partial charge in [-0.25, -0.2) is 4.79 Å². The van der Waals surface area contributed by atoms with Crippen molar-refractivity contribution in [1.82, 2.24) is 10.3 Å². The van der Waals surface area contributed by atoms with Crippen LogP contribution < -0.4 is 16.0 Å². The van der Waals surface area contributed by atoms with Crippen molar-refractivity contribution < 1.29 is 23.9 Å². The number of ether oxygens (including phenoxy) is 1. The van der Waals surface area contributed by atoms with E-state index in [9.17, 15) is 19.2 Å². The van der Waals surface area contributed by atoms with E-state index in [2.05, 4.69) is 20.9 Å². The Kier molecular flexibility index (Phi) is 10.1. The molecule has 0 aliphatic heterocycles. The van der Waals surface area contributed by atoms with Crippen molar-refractivity contribution in [3.8, 4) is 0 Å². The molecule has 1 unspecified atom stereocenters. The molecule has 9 nitrogen and oxygen atoms in total. The molecule has 1 atom stereocenters. The van der Waals surface area contributed by atoms with Crippen LogP contribution in [0.1, 0.15) is 56.5 Å². The number of esters is 1. The Labute approximate surface area is 286 Å². The third-order valence-electron chi connectivity index (χ3n) is 8.02. The van der Waals surface area contributed by atoms with Crippen LogP contribution in [0, 0.1) is 0 Å². The summed E-state index contributed by atoms with van der Waals surface area (Å²) in [4.78, 5) is 57.8. The second kappa shape index (κ2) is 14.7. The van der Waals surface area contributed by atoms with E-state index >= 15 is 0 Å². The van der Waals surface area contributed by atoms with E-state index in [1.807, 2.05) is 36.4 Å². The third-order valence-corrected chi connectivity index (χ3v) is 10.3. The smallest absolute Gasteiger partial charge is 0.341 e. The number of hydrogen-bond acceptors (Lipinski definition) is 7. The molecular weight excluding hydrogens is 645 g/mol. The van der Waals surface area contributed by atoms with Crippen LogP contribution in [0.25, 0.3) is 17.0 Å². The van der Waals surface area contributed by atoms with Gasteiger partial charge >= 0.3 is 5.97 Å². The number of carbonyl (C=O) groups is 4. The fourth-order valence-corrected chi connectivity index (χ4v) is 7.81. The van der Waals surface area contributed by atoms with E-state index in [4.69, 9.17) is 4.74 Å². The molecule has 1 aliphatic carbocycles. The Morgan fingerprint density at radius 1 is 0.938 bits per heavy atom. The average molecular weight is 679 g/mol. The predicted molar refractivity (Wildman–Crippen MR) is 192 cm³/mol. The Morgan fingerprint density at radius 3 is 2.52 bits per heavy atom. The number of amides is 3. The monoisotopic (exact) mass is 678 g/mol. The predicted octanol–water partition coefficient (Wildman–Crippen LogP) is 7.42. The summed E-state index contributed by atoms with van der Waals surface area (Å²) in [6.45, 7) is 1.79. The molecule has 0 saturated carbocycles. The zero-order chi connectivity index (χ0) is 33.6. The summed E-state index contributed by atoms with van der Waals surface area (Å²) in [6.07, 6.45) is 7.17. The number of aromatic amines is 1. The summed E-state index contributed by atoms with van der Waals surface area (Å²) >= 11 is 2.77. The molecule has 0 fully saturated rings. The highest BCUT2D eigenvalue weighted by atomic mass is 32.2. The van der Waals surface area contributed by atoms with Crippen molar-refractivity contribution in [2.24, 2.45) is 0 Å². The standard InChI is InChI=1S/C37H34N4O5S2/c1-22(33(42)41-36-32(37(45)46-2)28-16-7-9-18-31(28)48-36)47-26-14-10-13-25(20-26)39-35(44)30(40-34(43)23-11-4-3-5-12-23)19-24-21-38-29-17-8-6-15-27(24)29/h3-6,8,10-15,17,19-22,38H,7,9,16,18H2,1-2H3,(H,39,44)(H,40,43)(H,41,42)/b30-19-. The Morgan fingerprint density at radius 2 is 1.71 bits per heavy atom. The largest absolute Gasteiger partial charge is 0.465 e. The van der Waals surface area contributed by atoms with Crippen molar-refractivity contribution in [3.05, 3.63) is 118 Å². The molecular formula is C37H34N4O5S2. The number of para-hydroxylation sites is 1. The summed E-state index contributed by atoms with van der Waals surface area (Å²) in [5.41, 5.74) is 4.08. The minimum absolute atomic E-state index is 0.0689. The molecule has 2 aromatic heterocycles. The van der Waals surface area contributed by atoms with Gasteiger partial charge in [-0.15, -0.1) is 23.1 Å². The van der Waals surface area contributed by atoms with Crippen molar-refractivity contribution in [2.75, 3.05) is 17.7 Å². The first-order chi connectivity index (χ1) is 23.3. The lowest BCUT2D eigenvalue weighted by molar-refractivity contribution is -0.115. The SMILES string of the molecule is COC(=O)c1c(NC(=O)C(C)Sc2cccc(NC(=O)/C(=C/c3c[nH]c4ccccc34)NC(=O)c3ccccc3)c2)sc2c1CCCC2. The van der Waals surface area contributed by atoms with Gasteiger partial charge in [-0.2, -0.15) is 0 Å². The molecule has 0 bridgehead atoms. The van der Waals surface area contributed by atoms with Crippen LogP contribution in [0.5, 0.6) is 0 Å². The summed E-state index contributed by atoms with van der Waals surface area (Å²) < 4.78 is 5.04. The molecule has 3 amide bonds. The number of H-pyrrole nitrogens is 1. The van der Waals surface area contributed by atoms with Crippen LogP contribution in [0.2, 0.25) is 0 Å². The Balaban J connectivity index is 1.18. The molecule has 0 radical (unpaired) electrons. The van der Waals surface area contributed by atoms with Gasteiger partial charge in [0.25, 0.3) is 11.8 Å². The second-order valence-corrected chi connectivity index (χ2v) is 13.8. The maximum Gasteiger partial charge on any atom is 0.341 e. The molecule has 1 aliphatic rings. The summed E-state index contributed by atoms with van der Waals surface area (Å²) in [5, 5.41) is 9.57. The molecule has 11 heteroatoms. The van der Waals surface area contributed by atoms with Crippen molar-refractivity contribution in [3.63, 3.8) is 0 Å². The Hall–Kier alpha value is -5.13. The number of aromatic nitrogens is 1. The summed E-state index contributed by atoms with van der Waals surface area (Å²) in [6, 6.07) is 23.6. The topological polar surface area (TPSA) is 129 Å². The zero-order valence-corrected chi connectivity index (χ0v) is 28.1. The van der Waals surface area contributed by atoms with E-state index in [0.717, 1.165) is 57.5 Å². The minimum atomic E-state index is -0.511. The average Bonchev–Trinajstić information content (AvgIpc) is 3.68. The molecule has 6 rings (SSSR count). The third kappa shape index (κ3) is 7.37. The van der Waals surface area contributed by atoms with Crippen molar-refractivity contribution in [1.29, 1.82) is 0 Å². The number of nitrogens with one attached hydrogen (secondary N) is 4. The summed E-state index contributed by atoms with van der Waals surface area (Å²) in [5.74, 6) is -1.60. The normalized spacial score (nSPS) is 13.3. The molecule has 244 valence electrons. The van der Waals surface area contributed by atoms with E-state index in [1.54, 1.807) is 61.7 Å². The first-order valence-electron chi connectivity index (χ1n) is 15.6. The number of carbonyl (C=O) groups excluding carboxylic acids is 4. The number of hydrogen-bond donors (Lipinski definition) is 4. The van der Waals surface area contributed by atoms with Gasteiger partial charge in [0, 0.05) is 43.7 Å². The van der Waals surface area contributed by atoms with Crippen LogP contribution in [0.4, 0.5) is 10.7 Å². The Bertz CT molecular complexity index is 2030. The first kappa shape index (κ1) is 32.8. The van der Waals surface area contributed by atoms with E-state index in [-0.39, 0.29) is 11.6 Å². The molecule has 48 heavy (non-hydrogen) atoms. The van der Waals surface area contributed by atoms with Crippen molar-refractivity contribution in [2.45, 2.75) is 42.8 Å². The maximum atomic E-state index is 13.7. The molecule has 2 heterocycles. The maximum absolute atomic E-state index is 13.7. The van der Waals surface area contributed by atoms with Crippen molar-refractivity contribution >= 4 is 74.5 Å². The number of aryl methyl sites for hydroxylation is 1. The highest BCUT2D eigenvalue weighted by Gasteiger charge is 2.28. The number of anilines is 2. The minimum Gasteiger partial charge on any atom is -0.465 e. The van der Waals surface area contributed by atoms with Gasteiger partial charge < -0.3 is 25.7 Å².